The van der Waals surface area contributed by atoms with Crippen LogP contribution in [0.1, 0.15) is 10.5 Å². The van der Waals surface area contributed by atoms with E-state index in [1.807, 2.05) is 0 Å². The zero-order valence-electron chi connectivity index (χ0n) is 6.02. The van der Waals surface area contributed by atoms with Gasteiger partial charge in [-0.15, -0.1) is 0 Å². The van der Waals surface area contributed by atoms with E-state index in [-0.39, 0.29) is 5.69 Å². The summed E-state index contributed by atoms with van der Waals surface area (Å²) < 4.78 is 4.87. The van der Waals surface area contributed by atoms with Crippen molar-refractivity contribution in [3.05, 3.63) is 30.5 Å². The van der Waals surface area contributed by atoms with Crippen molar-refractivity contribution in [2.24, 2.45) is 0 Å². The average molecular weight is 163 g/mol. The lowest BCUT2D eigenvalue weighted by Gasteiger charge is -1.91. The Morgan fingerprint density at radius 1 is 1.42 bits per heavy atom. The second-order valence-corrected chi connectivity index (χ2v) is 2.38. The van der Waals surface area contributed by atoms with Crippen LogP contribution in [-0.4, -0.2) is 16.1 Å². The molecule has 0 aromatic carbocycles. The van der Waals surface area contributed by atoms with Gasteiger partial charge in [-0.25, -0.2) is 9.78 Å². The molecule has 0 aliphatic heterocycles. The summed E-state index contributed by atoms with van der Waals surface area (Å²) in [6.07, 6.45) is 4.49. The Labute approximate surface area is 67.4 Å². The van der Waals surface area contributed by atoms with E-state index in [2.05, 4.69) is 4.98 Å². The van der Waals surface area contributed by atoms with Gasteiger partial charge in [0.25, 0.3) is 0 Å². The van der Waals surface area contributed by atoms with Crippen LogP contribution in [0.15, 0.2) is 29.2 Å². The number of rotatable bonds is 1. The smallest absolute Gasteiger partial charge is 0.354 e. The average Bonchev–Trinajstić information content (AvgIpc) is 2.49. The Balaban J connectivity index is 2.68. The van der Waals surface area contributed by atoms with Crippen molar-refractivity contribution in [1.29, 1.82) is 0 Å². The van der Waals surface area contributed by atoms with Gasteiger partial charge in [0.1, 0.15) is 5.69 Å². The summed E-state index contributed by atoms with van der Waals surface area (Å²) in [5.74, 6) is -1.03. The van der Waals surface area contributed by atoms with Crippen molar-refractivity contribution in [1.82, 2.24) is 4.98 Å². The molecule has 0 saturated heterocycles. The van der Waals surface area contributed by atoms with Crippen LogP contribution in [0.3, 0.4) is 0 Å². The number of carboxylic acid groups (broad SMARTS) is 1. The van der Waals surface area contributed by atoms with E-state index in [1.165, 1.54) is 24.8 Å². The Morgan fingerprint density at radius 3 is 2.92 bits per heavy atom. The number of hydrogen-bond acceptors (Lipinski definition) is 3. The molecule has 0 amide bonds. The van der Waals surface area contributed by atoms with Crippen molar-refractivity contribution in [3.8, 4) is 0 Å². The topological polar surface area (TPSA) is 63.3 Å². The number of pyridine rings is 1. The summed E-state index contributed by atoms with van der Waals surface area (Å²) in [6, 6.07) is 1.47. The molecule has 0 aliphatic rings. The second-order valence-electron chi connectivity index (χ2n) is 2.38. The summed E-state index contributed by atoms with van der Waals surface area (Å²) in [7, 11) is 0. The lowest BCUT2D eigenvalue weighted by molar-refractivity contribution is 0.0691. The van der Waals surface area contributed by atoms with Gasteiger partial charge < -0.3 is 9.52 Å². The molecule has 0 radical (unpaired) electrons. The first-order chi connectivity index (χ1) is 5.77. The number of carboxylic acids is 1. The van der Waals surface area contributed by atoms with Crippen molar-refractivity contribution < 1.29 is 14.3 Å². The lowest BCUT2D eigenvalue weighted by atomic mass is 10.2. The minimum Gasteiger partial charge on any atom is -0.477 e. The van der Waals surface area contributed by atoms with Crippen molar-refractivity contribution in [3.63, 3.8) is 0 Å². The third-order valence-corrected chi connectivity index (χ3v) is 1.58. The molecule has 2 heterocycles. The highest BCUT2D eigenvalue weighted by Crippen LogP contribution is 2.14. The molecule has 0 bridgehead atoms. The molecule has 2 rings (SSSR count). The number of nitrogens with zero attached hydrogens (tertiary/aromatic N) is 1. The largest absolute Gasteiger partial charge is 0.477 e. The fraction of sp³-hybridized carbons (Fsp3) is 0. The van der Waals surface area contributed by atoms with E-state index in [9.17, 15) is 4.79 Å². The first kappa shape index (κ1) is 6.84. The van der Waals surface area contributed by atoms with Crippen molar-refractivity contribution >= 4 is 16.7 Å². The van der Waals surface area contributed by atoms with Crippen LogP contribution in [0.2, 0.25) is 0 Å². The molecule has 1 N–H and O–H groups in total. The summed E-state index contributed by atoms with van der Waals surface area (Å²) in [5, 5.41) is 10.1. The molecule has 2 aromatic heterocycles. The van der Waals surface area contributed by atoms with Crippen LogP contribution in [0.4, 0.5) is 0 Å². The van der Waals surface area contributed by atoms with Gasteiger partial charge in [-0.05, 0) is 6.07 Å². The van der Waals surface area contributed by atoms with Gasteiger partial charge in [0.2, 0.25) is 0 Å². The Bertz CT molecular complexity index is 433. The Morgan fingerprint density at radius 2 is 2.17 bits per heavy atom. The molecule has 0 spiro atoms. The van der Waals surface area contributed by atoms with Crippen LogP contribution in [0.5, 0.6) is 0 Å². The zero-order chi connectivity index (χ0) is 8.55. The third kappa shape index (κ3) is 0.934. The number of aromatic nitrogens is 1. The first-order valence-electron chi connectivity index (χ1n) is 3.32. The number of furan rings is 1. The van der Waals surface area contributed by atoms with Gasteiger partial charge in [-0.3, -0.25) is 0 Å². The van der Waals surface area contributed by atoms with Gasteiger partial charge in [0, 0.05) is 17.0 Å². The quantitative estimate of drug-likeness (QED) is 0.692. The molecule has 0 unspecified atom stereocenters. The highest BCUT2D eigenvalue weighted by atomic mass is 16.4. The van der Waals surface area contributed by atoms with Crippen molar-refractivity contribution in [2.75, 3.05) is 0 Å². The summed E-state index contributed by atoms with van der Waals surface area (Å²) >= 11 is 0. The van der Waals surface area contributed by atoms with Crippen LogP contribution in [0, 0.1) is 0 Å². The third-order valence-electron chi connectivity index (χ3n) is 1.58. The molecule has 2 aromatic rings. The number of carbonyl (C=O) groups is 1. The highest BCUT2D eigenvalue weighted by Gasteiger charge is 2.05. The van der Waals surface area contributed by atoms with E-state index in [0.29, 0.717) is 0 Å². The monoisotopic (exact) mass is 163 g/mol. The molecule has 0 atom stereocenters. The number of aromatic carboxylic acids is 1. The normalized spacial score (nSPS) is 10.3. The molecule has 4 heteroatoms. The molecular formula is C8H5NO3. The Kier molecular flexibility index (Phi) is 1.33. The zero-order valence-corrected chi connectivity index (χ0v) is 6.02. The maximum Gasteiger partial charge on any atom is 0.354 e. The lowest BCUT2D eigenvalue weighted by Crippen LogP contribution is -1.98. The van der Waals surface area contributed by atoms with Crippen LogP contribution in [0.25, 0.3) is 10.8 Å². The summed E-state index contributed by atoms with van der Waals surface area (Å²) in [4.78, 5) is 14.2. The van der Waals surface area contributed by atoms with E-state index < -0.39 is 5.97 Å². The highest BCUT2D eigenvalue weighted by molar-refractivity contribution is 5.91. The predicted octanol–water partition coefficient (Wildman–Crippen LogP) is 1.53. The summed E-state index contributed by atoms with van der Waals surface area (Å²) in [6.45, 7) is 0. The minimum atomic E-state index is -1.03. The molecule has 4 nitrogen and oxygen atoms in total. The first-order valence-corrected chi connectivity index (χ1v) is 3.32. The Hall–Kier alpha value is -1.84. The molecule has 12 heavy (non-hydrogen) atoms. The van der Waals surface area contributed by atoms with Gasteiger partial charge >= 0.3 is 5.97 Å². The molecule has 0 fully saturated rings. The number of hydrogen-bond donors (Lipinski definition) is 1. The fourth-order valence-electron chi connectivity index (χ4n) is 0.980. The van der Waals surface area contributed by atoms with E-state index in [1.54, 1.807) is 0 Å². The van der Waals surface area contributed by atoms with Gasteiger partial charge in [0.05, 0.1) is 12.5 Å². The summed E-state index contributed by atoms with van der Waals surface area (Å²) in [5.41, 5.74) is 0.0314. The molecular weight excluding hydrogens is 158 g/mol. The van der Waals surface area contributed by atoms with Gasteiger partial charge in [-0.1, -0.05) is 0 Å². The SMILES string of the molecule is O=C(O)c1cc2cocc2cn1. The second kappa shape index (κ2) is 2.34. The predicted molar refractivity (Wildman–Crippen MR) is 41.0 cm³/mol. The van der Waals surface area contributed by atoms with Crippen LogP contribution >= 0.6 is 0 Å². The number of fused-ring (bicyclic) bond motifs is 1. The van der Waals surface area contributed by atoms with Crippen LogP contribution < -0.4 is 0 Å². The van der Waals surface area contributed by atoms with E-state index >= 15 is 0 Å². The molecule has 0 saturated carbocycles. The van der Waals surface area contributed by atoms with Gasteiger partial charge in [-0.2, -0.15) is 0 Å². The van der Waals surface area contributed by atoms with Crippen molar-refractivity contribution in [2.45, 2.75) is 0 Å². The standard InChI is InChI=1S/C8H5NO3/c10-8(11)7-1-5-3-12-4-6(5)2-9-7/h1-4H,(H,10,11). The minimum absolute atomic E-state index is 0.0314. The van der Waals surface area contributed by atoms with Crippen LogP contribution in [-0.2, 0) is 0 Å². The van der Waals surface area contributed by atoms with E-state index in [4.69, 9.17) is 9.52 Å². The fourth-order valence-corrected chi connectivity index (χ4v) is 0.980. The molecule has 0 aliphatic carbocycles. The van der Waals surface area contributed by atoms with E-state index in [0.717, 1.165) is 10.8 Å². The maximum atomic E-state index is 10.5. The molecule has 60 valence electrons. The van der Waals surface area contributed by atoms with Gasteiger partial charge in [0.15, 0.2) is 0 Å². The maximum absolute atomic E-state index is 10.5.